The van der Waals surface area contributed by atoms with Crippen LogP contribution in [0.2, 0.25) is 0 Å². The highest BCUT2D eigenvalue weighted by molar-refractivity contribution is 5.79. The van der Waals surface area contributed by atoms with Crippen LogP contribution in [0.25, 0.3) is 0 Å². The summed E-state index contributed by atoms with van der Waals surface area (Å²) in [5.74, 6) is 0. The summed E-state index contributed by atoms with van der Waals surface area (Å²) < 4.78 is 37.3. The Hall–Kier alpha value is -1.39. The third kappa shape index (κ3) is 18.6. The average Bonchev–Trinajstić information content (AvgIpc) is 2.78. The molecule has 30 heavy (non-hydrogen) atoms. The number of aliphatic imine (C=N–C) groups is 1. The van der Waals surface area contributed by atoms with E-state index in [2.05, 4.69) is 4.99 Å². The SMILES string of the molecule is COCCOCCOCCOCCOCCOCCOCCN=Cc1ccccc1. The minimum absolute atomic E-state index is 0.541. The number of methoxy groups -OCH3 is 1. The van der Waals surface area contributed by atoms with Gasteiger partial charge in [-0.15, -0.1) is 0 Å². The molecular weight excluding hydrogens is 390 g/mol. The van der Waals surface area contributed by atoms with Crippen LogP contribution in [0.5, 0.6) is 0 Å². The molecule has 0 aromatic heterocycles. The largest absolute Gasteiger partial charge is 0.382 e. The zero-order valence-corrected chi connectivity index (χ0v) is 18.2. The molecular formula is C22H37NO7. The highest BCUT2D eigenvalue weighted by Gasteiger charge is 1.94. The Morgan fingerprint density at radius 1 is 0.567 bits per heavy atom. The lowest BCUT2D eigenvalue weighted by molar-refractivity contribution is -0.0188. The van der Waals surface area contributed by atoms with Crippen LogP contribution < -0.4 is 0 Å². The lowest BCUT2D eigenvalue weighted by Gasteiger charge is -2.08. The molecule has 0 radical (unpaired) electrons. The number of ether oxygens (including phenoxy) is 7. The summed E-state index contributed by atoms with van der Waals surface area (Å²) in [6, 6.07) is 10.0. The number of nitrogens with zero attached hydrogens (tertiary/aromatic N) is 1. The summed E-state index contributed by atoms with van der Waals surface area (Å²) in [6.45, 7) is 7.93. The molecule has 0 amide bonds. The molecule has 0 fully saturated rings. The van der Waals surface area contributed by atoms with Crippen molar-refractivity contribution < 1.29 is 33.2 Å². The fraction of sp³-hybridized carbons (Fsp3) is 0.682. The van der Waals surface area contributed by atoms with E-state index in [4.69, 9.17) is 33.2 Å². The van der Waals surface area contributed by atoms with Crippen LogP contribution in [0, 0.1) is 0 Å². The predicted molar refractivity (Wildman–Crippen MR) is 116 cm³/mol. The van der Waals surface area contributed by atoms with E-state index >= 15 is 0 Å². The van der Waals surface area contributed by atoms with Gasteiger partial charge in [-0.25, -0.2) is 0 Å². The fourth-order valence-electron chi connectivity index (χ4n) is 2.17. The van der Waals surface area contributed by atoms with Crippen molar-refractivity contribution >= 4 is 6.21 Å². The van der Waals surface area contributed by atoms with Crippen LogP contribution in [0.3, 0.4) is 0 Å². The molecule has 0 bridgehead atoms. The maximum atomic E-state index is 5.47. The van der Waals surface area contributed by atoms with Crippen LogP contribution in [0.15, 0.2) is 35.3 Å². The lowest BCUT2D eigenvalue weighted by atomic mass is 10.2. The van der Waals surface area contributed by atoms with Crippen molar-refractivity contribution in [3.8, 4) is 0 Å². The van der Waals surface area contributed by atoms with Gasteiger partial charge in [0.15, 0.2) is 0 Å². The fourth-order valence-corrected chi connectivity index (χ4v) is 2.17. The topological polar surface area (TPSA) is 77.0 Å². The van der Waals surface area contributed by atoms with E-state index in [-0.39, 0.29) is 0 Å². The molecule has 0 aliphatic carbocycles. The van der Waals surface area contributed by atoms with Gasteiger partial charge in [-0.2, -0.15) is 0 Å². The second-order valence-corrected chi connectivity index (χ2v) is 6.11. The standard InChI is InChI=1S/C22H37NO7/c1-24-9-10-26-13-14-28-17-18-30-20-19-29-16-15-27-12-11-25-8-7-23-21-22-5-3-2-4-6-22/h2-6,21H,7-20H2,1H3. The molecule has 0 N–H and O–H groups in total. The third-order valence-corrected chi connectivity index (χ3v) is 3.70. The molecule has 0 saturated heterocycles. The Bertz CT molecular complexity index is 488. The molecule has 0 heterocycles. The minimum Gasteiger partial charge on any atom is -0.382 e. The smallest absolute Gasteiger partial charge is 0.0701 e. The summed E-state index contributed by atoms with van der Waals surface area (Å²) in [4.78, 5) is 4.32. The number of benzene rings is 1. The zero-order valence-electron chi connectivity index (χ0n) is 18.2. The summed E-state index contributed by atoms with van der Waals surface area (Å²) in [5.41, 5.74) is 1.10. The first-order valence-corrected chi connectivity index (χ1v) is 10.4. The van der Waals surface area contributed by atoms with E-state index in [0.717, 1.165) is 5.56 Å². The molecule has 0 aliphatic heterocycles. The molecule has 0 saturated carbocycles. The van der Waals surface area contributed by atoms with Gasteiger partial charge < -0.3 is 33.2 Å². The van der Waals surface area contributed by atoms with Crippen molar-refractivity contribution in [1.29, 1.82) is 0 Å². The van der Waals surface area contributed by atoms with E-state index in [1.54, 1.807) is 7.11 Å². The molecule has 8 heteroatoms. The zero-order chi connectivity index (χ0) is 21.4. The van der Waals surface area contributed by atoms with Gasteiger partial charge in [0.1, 0.15) is 0 Å². The van der Waals surface area contributed by atoms with Crippen LogP contribution in [0.4, 0.5) is 0 Å². The summed E-state index contributed by atoms with van der Waals surface area (Å²) >= 11 is 0. The maximum Gasteiger partial charge on any atom is 0.0701 e. The highest BCUT2D eigenvalue weighted by atomic mass is 16.6. The van der Waals surface area contributed by atoms with E-state index in [1.165, 1.54) is 0 Å². The van der Waals surface area contributed by atoms with Gasteiger partial charge in [-0.1, -0.05) is 30.3 Å². The van der Waals surface area contributed by atoms with Crippen molar-refractivity contribution in [2.45, 2.75) is 0 Å². The molecule has 172 valence electrons. The van der Waals surface area contributed by atoms with Gasteiger partial charge in [-0.3, -0.25) is 4.99 Å². The number of rotatable bonds is 22. The Morgan fingerprint density at radius 3 is 1.40 bits per heavy atom. The number of hydrogen-bond donors (Lipinski definition) is 0. The van der Waals surface area contributed by atoms with Crippen molar-refractivity contribution in [3.63, 3.8) is 0 Å². The predicted octanol–water partition coefficient (Wildman–Crippen LogP) is 1.85. The van der Waals surface area contributed by atoms with E-state index in [1.807, 2.05) is 36.5 Å². The molecule has 0 spiro atoms. The van der Waals surface area contributed by atoms with Gasteiger partial charge in [0.25, 0.3) is 0 Å². The third-order valence-electron chi connectivity index (χ3n) is 3.70. The second kappa shape index (κ2) is 22.3. The maximum absolute atomic E-state index is 5.47. The minimum atomic E-state index is 0.541. The molecule has 0 atom stereocenters. The first kappa shape index (κ1) is 26.6. The van der Waals surface area contributed by atoms with Crippen LogP contribution in [0.1, 0.15) is 5.56 Å². The molecule has 0 aliphatic rings. The number of hydrogen-bond acceptors (Lipinski definition) is 8. The summed E-state index contributed by atoms with van der Waals surface area (Å²) in [7, 11) is 1.65. The van der Waals surface area contributed by atoms with E-state index < -0.39 is 0 Å². The van der Waals surface area contributed by atoms with E-state index in [0.29, 0.717) is 92.4 Å². The van der Waals surface area contributed by atoms with Gasteiger partial charge in [0.2, 0.25) is 0 Å². The van der Waals surface area contributed by atoms with Gasteiger partial charge >= 0.3 is 0 Å². The van der Waals surface area contributed by atoms with Crippen molar-refractivity contribution in [2.75, 3.05) is 99.5 Å². The van der Waals surface area contributed by atoms with Crippen molar-refractivity contribution in [1.82, 2.24) is 0 Å². The quantitative estimate of drug-likeness (QED) is 0.206. The van der Waals surface area contributed by atoms with Crippen LogP contribution >= 0.6 is 0 Å². The molecule has 1 rings (SSSR count). The Labute approximate surface area is 180 Å². The summed E-state index contributed by atoms with van der Waals surface area (Å²) in [6.07, 6.45) is 1.86. The highest BCUT2D eigenvalue weighted by Crippen LogP contribution is 1.93. The monoisotopic (exact) mass is 427 g/mol. The van der Waals surface area contributed by atoms with Gasteiger partial charge in [0, 0.05) is 13.3 Å². The summed E-state index contributed by atoms with van der Waals surface area (Å²) in [5, 5.41) is 0. The van der Waals surface area contributed by atoms with Crippen molar-refractivity contribution in [3.05, 3.63) is 35.9 Å². The normalized spacial score (nSPS) is 11.5. The van der Waals surface area contributed by atoms with Crippen LogP contribution in [-0.4, -0.2) is 106 Å². The van der Waals surface area contributed by atoms with Gasteiger partial charge in [0.05, 0.1) is 92.4 Å². The first-order valence-electron chi connectivity index (χ1n) is 10.4. The Balaban J connectivity index is 1.69. The van der Waals surface area contributed by atoms with E-state index in [9.17, 15) is 0 Å². The van der Waals surface area contributed by atoms with Crippen LogP contribution in [-0.2, 0) is 33.2 Å². The molecule has 1 aromatic carbocycles. The molecule has 1 aromatic rings. The Morgan fingerprint density at radius 2 is 0.967 bits per heavy atom. The Kier molecular flexibility index (Phi) is 19.8. The molecule has 0 unspecified atom stereocenters. The first-order chi connectivity index (χ1) is 14.9. The van der Waals surface area contributed by atoms with Gasteiger partial charge in [-0.05, 0) is 5.56 Å². The van der Waals surface area contributed by atoms with Crippen molar-refractivity contribution in [2.24, 2.45) is 4.99 Å². The molecule has 8 nitrogen and oxygen atoms in total. The lowest BCUT2D eigenvalue weighted by Crippen LogP contribution is -2.14. The second-order valence-electron chi connectivity index (χ2n) is 6.11. The average molecular weight is 428 g/mol.